The molecule has 30 heavy (non-hydrogen) atoms. The Kier molecular flexibility index (Phi) is 6.42. The van der Waals surface area contributed by atoms with Crippen LogP contribution >= 0.6 is 24.0 Å². The molecule has 2 bridgehead atoms. The van der Waals surface area contributed by atoms with Gasteiger partial charge in [-0.25, -0.2) is 0 Å². The van der Waals surface area contributed by atoms with Crippen LogP contribution in [0.15, 0.2) is 48.5 Å². The second kappa shape index (κ2) is 8.40. The SMILES string of the molecule is CN1C2CCC1(C(NC(=O)c1cccc(C(F)(F)F)c1Cl)c1ccccc1)CC2.Cl. The van der Waals surface area contributed by atoms with Gasteiger partial charge >= 0.3 is 6.18 Å². The Morgan fingerprint density at radius 1 is 1.13 bits per heavy atom. The van der Waals surface area contributed by atoms with Crippen molar-refractivity contribution >= 4 is 29.9 Å². The number of carbonyl (C=O) groups excluding carboxylic acids is 1. The second-order valence-electron chi connectivity index (χ2n) is 7.93. The number of amides is 1. The molecule has 2 saturated heterocycles. The monoisotopic (exact) mass is 458 g/mol. The van der Waals surface area contributed by atoms with E-state index in [-0.39, 0.29) is 29.6 Å². The smallest absolute Gasteiger partial charge is 0.343 e. The summed E-state index contributed by atoms with van der Waals surface area (Å²) in [6.45, 7) is 0. The molecule has 0 spiro atoms. The average molecular weight is 459 g/mol. The first-order valence-corrected chi connectivity index (χ1v) is 10.1. The van der Waals surface area contributed by atoms with Gasteiger partial charge in [0.1, 0.15) is 0 Å². The van der Waals surface area contributed by atoms with Crippen molar-refractivity contribution in [2.75, 3.05) is 7.05 Å². The van der Waals surface area contributed by atoms with Crippen LogP contribution in [-0.2, 0) is 6.18 Å². The summed E-state index contributed by atoms with van der Waals surface area (Å²) in [5.41, 5.74) is -0.456. The molecule has 4 rings (SSSR count). The van der Waals surface area contributed by atoms with E-state index in [1.807, 2.05) is 30.3 Å². The molecule has 8 heteroatoms. The lowest BCUT2D eigenvalue weighted by Gasteiger charge is -2.41. The van der Waals surface area contributed by atoms with Crippen molar-refractivity contribution in [3.8, 4) is 0 Å². The van der Waals surface area contributed by atoms with Crippen molar-refractivity contribution in [2.24, 2.45) is 0 Å². The standard InChI is InChI=1S/C22H22ClF3N2O.ClH/c1-28-15-10-12-21(28,13-11-15)19(14-6-3-2-4-7-14)27-20(29)16-8-5-9-17(18(16)23)22(24,25)26;/h2-9,15,19H,10-13H2,1H3,(H,27,29);1H. The maximum absolute atomic E-state index is 13.2. The van der Waals surface area contributed by atoms with Crippen LogP contribution in [0.4, 0.5) is 13.2 Å². The van der Waals surface area contributed by atoms with Crippen molar-refractivity contribution in [1.29, 1.82) is 0 Å². The lowest BCUT2D eigenvalue weighted by molar-refractivity contribution is -0.137. The van der Waals surface area contributed by atoms with Gasteiger partial charge in [-0.05, 0) is 50.4 Å². The van der Waals surface area contributed by atoms with E-state index in [4.69, 9.17) is 11.6 Å². The molecule has 2 heterocycles. The topological polar surface area (TPSA) is 32.3 Å². The summed E-state index contributed by atoms with van der Waals surface area (Å²) in [6, 6.07) is 13.2. The minimum atomic E-state index is -4.62. The van der Waals surface area contributed by atoms with Crippen LogP contribution in [0.1, 0.15) is 53.2 Å². The fourth-order valence-corrected chi connectivity index (χ4v) is 5.33. The van der Waals surface area contributed by atoms with Gasteiger partial charge in [0.2, 0.25) is 0 Å². The maximum Gasteiger partial charge on any atom is 0.417 e. The molecule has 2 aliphatic heterocycles. The van der Waals surface area contributed by atoms with E-state index in [0.29, 0.717) is 6.04 Å². The number of benzene rings is 2. The summed E-state index contributed by atoms with van der Waals surface area (Å²) in [4.78, 5) is 15.4. The Bertz CT molecular complexity index is 912. The largest absolute Gasteiger partial charge is 0.417 e. The number of fused-ring (bicyclic) bond motifs is 2. The number of likely N-dealkylation sites (N-methyl/N-ethyl adjacent to an activating group) is 1. The third kappa shape index (κ3) is 3.81. The van der Waals surface area contributed by atoms with E-state index in [2.05, 4.69) is 17.3 Å². The van der Waals surface area contributed by atoms with E-state index < -0.39 is 22.7 Å². The van der Waals surface area contributed by atoms with Crippen molar-refractivity contribution < 1.29 is 18.0 Å². The maximum atomic E-state index is 13.2. The molecule has 3 nitrogen and oxygen atoms in total. The predicted molar refractivity (Wildman–Crippen MR) is 113 cm³/mol. The number of carbonyl (C=O) groups is 1. The minimum absolute atomic E-state index is 0. The number of alkyl halides is 3. The van der Waals surface area contributed by atoms with Crippen LogP contribution in [0.25, 0.3) is 0 Å². The molecule has 2 aromatic carbocycles. The molecule has 0 radical (unpaired) electrons. The van der Waals surface area contributed by atoms with Gasteiger partial charge in [-0.1, -0.05) is 48.0 Å². The molecular formula is C22H23Cl2F3N2O. The van der Waals surface area contributed by atoms with E-state index >= 15 is 0 Å². The van der Waals surface area contributed by atoms with Gasteiger partial charge in [0.05, 0.1) is 22.2 Å². The van der Waals surface area contributed by atoms with Gasteiger partial charge in [0.25, 0.3) is 5.91 Å². The van der Waals surface area contributed by atoms with Crippen molar-refractivity contribution in [1.82, 2.24) is 10.2 Å². The van der Waals surface area contributed by atoms with Crippen molar-refractivity contribution in [3.05, 3.63) is 70.2 Å². The summed E-state index contributed by atoms with van der Waals surface area (Å²) in [7, 11) is 2.07. The summed E-state index contributed by atoms with van der Waals surface area (Å²) in [6.07, 6.45) is -0.635. The number of rotatable bonds is 4. The molecule has 1 amide bonds. The van der Waals surface area contributed by atoms with Crippen LogP contribution < -0.4 is 5.32 Å². The molecule has 2 fully saturated rings. The number of halogens is 5. The normalized spacial score (nSPS) is 24.4. The zero-order valence-corrected chi connectivity index (χ0v) is 17.9. The van der Waals surface area contributed by atoms with Gasteiger partial charge in [-0.15, -0.1) is 12.4 Å². The lowest BCUT2D eigenvalue weighted by atomic mass is 9.78. The third-order valence-corrected chi connectivity index (χ3v) is 6.97. The minimum Gasteiger partial charge on any atom is -0.343 e. The Labute approximate surface area is 185 Å². The quantitative estimate of drug-likeness (QED) is 0.620. The molecular weight excluding hydrogens is 436 g/mol. The van der Waals surface area contributed by atoms with Crippen molar-refractivity contribution in [2.45, 2.75) is 49.5 Å². The van der Waals surface area contributed by atoms with Crippen LogP contribution in [0.3, 0.4) is 0 Å². The van der Waals surface area contributed by atoms with Crippen LogP contribution in [0, 0.1) is 0 Å². The first-order valence-electron chi connectivity index (χ1n) is 9.68. The highest BCUT2D eigenvalue weighted by molar-refractivity contribution is 6.34. The number of nitrogens with zero attached hydrogens (tertiary/aromatic N) is 1. The zero-order valence-electron chi connectivity index (χ0n) is 16.4. The molecule has 0 saturated carbocycles. The predicted octanol–water partition coefficient (Wildman–Crippen LogP) is 5.88. The number of hydrogen-bond donors (Lipinski definition) is 1. The van der Waals surface area contributed by atoms with Gasteiger partial charge in [-0.2, -0.15) is 13.2 Å². The number of hydrogen-bond acceptors (Lipinski definition) is 2. The Morgan fingerprint density at radius 2 is 1.77 bits per heavy atom. The van der Waals surface area contributed by atoms with E-state index in [9.17, 15) is 18.0 Å². The summed E-state index contributed by atoms with van der Waals surface area (Å²) in [5.74, 6) is -0.590. The lowest BCUT2D eigenvalue weighted by Crippen LogP contribution is -2.51. The zero-order chi connectivity index (χ0) is 20.8. The van der Waals surface area contributed by atoms with Gasteiger partial charge < -0.3 is 5.32 Å². The number of nitrogens with one attached hydrogen (secondary N) is 1. The average Bonchev–Trinajstić information content (AvgIpc) is 3.18. The summed E-state index contributed by atoms with van der Waals surface area (Å²) >= 11 is 5.99. The first kappa shape index (κ1) is 22.9. The molecule has 1 atom stereocenters. The Balaban J connectivity index is 0.00000256. The van der Waals surface area contributed by atoms with Gasteiger partial charge in [-0.3, -0.25) is 9.69 Å². The second-order valence-corrected chi connectivity index (χ2v) is 8.31. The molecule has 0 aliphatic carbocycles. The van der Waals surface area contributed by atoms with Gasteiger partial charge in [0, 0.05) is 11.6 Å². The third-order valence-electron chi connectivity index (χ3n) is 6.57. The highest BCUT2D eigenvalue weighted by atomic mass is 35.5. The Hall–Kier alpha value is -1.76. The first-order chi connectivity index (χ1) is 13.7. The molecule has 0 aromatic heterocycles. The van der Waals surface area contributed by atoms with Gasteiger partial charge in [0.15, 0.2) is 0 Å². The van der Waals surface area contributed by atoms with Crippen LogP contribution in [0.2, 0.25) is 5.02 Å². The van der Waals surface area contributed by atoms with E-state index in [1.165, 1.54) is 12.1 Å². The molecule has 1 unspecified atom stereocenters. The highest BCUT2D eigenvalue weighted by Crippen LogP contribution is 2.51. The molecule has 2 aliphatic rings. The van der Waals surface area contributed by atoms with E-state index in [1.54, 1.807) is 0 Å². The fraction of sp³-hybridized carbons (Fsp3) is 0.409. The Morgan fingerprint density at radius 3 is 2.30 bits per heavy atom. The summed E-state index contributed by atoms with van der Waals surface area (Å²) in [5, 5.41) is 2.46. The fourth-order valence-electron chi connectivity index (χ4n) is 5.01. The molecule has 162 valence electrons. The van der Waals surface area contributed by atoms with Crippen molar-refractivity contribution in [3.63, 3.8) is 0 Å². The highest BCUT2D eigenvalue weighted by Gasteiger charge is 2.54. The summed E-state index contributed by atoms with van der Waals surface area (Å²) < 4.78 is 39.6. The molecule has 2 aromatic rings. The van der Waals surface area contributed by atoms with E-state index in [0.717, 1.165) is 37.3 Å². The molecule has 1 N–H and O–H groups in total. The van der Waals surface area contributed by atoms with Crippen LogP contribution in [0.5, 0.6) is 0 Å². The van der Waals surface area contributed by atoms with Crippen LogP contribution in [-0.4, -0.2) is 29.4 Å².